The molecule has 0 radical (unpaired) electrons. The van der Waals surface area contributed by atoms with Gasteiger partial charge in [-0.3, -0.25) is 4.68 Å². The number of rotatable bonds is 3. The molecule has 0 saturated carbocycles. The summed E-state index contributed by atoms with van der Waals surface area (Å²) >= 11 is 5.80. The number of nitrogens with zero attached hydrogens (tertiary/aromatic N) is 2. The molecule has 1 heterocycles. The summed E-state index contributed by atoms with van der Waals surface area (Å²) in [6, 6.07) is 6.33. The quantitative estimate of drug-likeness (QED) is 0.893. The van der Waals surface area contributed by atoms with Crippen LogP contribution in [0, 0.1) is 5.82 Å². The maximum atomic E-state index is 13.4. The molecule has 0 atom stereocenters. The standard InChI is InChI=1S/C11H11ClFN3/c1-16-11(4-5-15-16)14-7-8-6-9(12)2-3-10(8)13/h2-6,14H,7H2,1H3. The van der Waals surface area contributed by atoms with Gasteiger partial charge in [-0.1, -0.05) is 11.6 Å². The number of benzene rings is 1. The van der Waals surface area contributed by atoms with E-state index in [0.29, 0.717) is 17.1 Å². The zero-order valence-electron chi connectivity index (χ0n) is 8.74. The zero-order valence-corrected chi connectivity index (χ0v) is 9.50. The molecule has 5 heteroatoms. The summed E-state index contributed by atoms with van der Waals surface area (Å²) in [7, 11) is 1.82. The number of halogens is 2. The van der Waals surface area contributed by atoms with Gasteiger partial charge >= 0.3 is 0 Å². The fourth-order valence-electron chi connectivity index (χ4n) is 1.41. The fraction of sp³-hybridized carbons (Fsp3) is 0.182. The average Bonchev–Trinajstić information content (AvgIpc) is 2.66. The van der Waals surface area contributed by atoms with Crippen LogP contribution >= 0.6 is 11.6 Å². The number of hydrogen-bond donors (Lipinski definition) is 1. The van der Waals surface area contributed by atoms with E-state index in [-0.39, 0.29) is 5.82 Å². The molecule has 0 spiro atoms. The summed E-state index contributed by atoms with van der Waals surface area (Å²) < 4.78 is 15.1. The maximum Gasteiger partial charge on any atom is 0.128 e. The van der Waals surface area contributed by atoms with Crippen molar-refractivity contribution in [1.82, 2.24) is 9.78 Å². The monoisotopic (exact) mass is 239 g/mol. The number of nitrogens with one attached hydrogen (secondary N) is 1. The van der Waals surface area contributed by atoms with Crippen molar-refractivity contribution >= 4 is 17.4 Å². The van der Waals surface area contributed by atoms with Crippen molar-refractivity contribution in [3.63, 3.8) is 0 Å². The van der Waals surface area contributed by atoms with Crippen LogP contribution in [0.2, 0.25) is 5.02 Å². The second kappa shape index (κ2) is 4.53. The molecule has 0 saturated heterocycles. The minimum absolute atomic E-state index is 0.265. The molecule has 3 nitrogen and oxygen atoms in total. The Labute approximate surface area is 97.8 Å². The lowest BCUT2D eigenvalue weighted by Gasteiger charge is -2.07. The van der Waals surface area contributed by atoms with Crippen molar-refractivity contribution in [3.8, 4) is 0 Å². The van der Waals surface area contributed by atoms with Crippen LogP contribution in [0.4, 0.5) is 10.2 Å². The van der Waals surface area contributed by atoms with E-state index in [0.717, 1.165) is 5.82 Å². The average molecular weight is 240 g/mol. The Balaban J connectivity index is 2.10. The van der Waals surface area contributed by atoms with Gasteiger partial charge in [0.2, 0.25) is 0 Å². The Morgan fingerprint density at radius 2 is 2.25 bits per heavy atom. The number of hydrogen-bond acceptors (Lipinski definition) is 2. The SMILES string of the molecule is Cn1nccc1NCc1cc(Cl)ccc1F. The molecule has 0 aliphatic carbocycles. The van der Waals surface area contributed by atoms with Crippen molar-refractivity contribution in [2.75, 3.05) is 5.32 Å². The van der Waals surface area contributed by atoms with E-state index in [9.17, 15) is 4.39 Å². The first-order chi connectivity index (χ1) is 7.66. The van der Waals surface area contributed by atoms with Crippen LogP contribution in [0.1, 0.15) is 5.56 Å². The molecule has 1 aromatic heterocycles. The number of anilines is 1. The number of aryl methyl sites for hydroxylation is 1. The van der Waals surface area contributed by atoms with Gasteiger partial charge in [-0.25, -0.2) is 4.39 Å². The molecule has 2 aromatic rings. The maximum absolute atomic E-state index is 13.4. The third-order valence-corrected chi connectivity index (χ3v) is 2.52. The van der Waals surface area contributed by atoms with Crippen molar-refractivity contribution < 1.29 is 4.39 Å². The minimum Gasteiger partial charge on any atom is -0.366 e. The lowest BCUT2D eigenvalue weighted by Crippen LogP contribution is -2.05. The lowest BCUT2D eigenvalue weighted by atomic mass is 10.2. The van der Waals surface area contributed by atoms with Gasteiger partial charge in [0.25, 0.3) is 0 Å². The van der Waals surface area contributed by atoms with Gasteiger partial charge in [-0.15, -0.1) is 0 Å². The summed E-state index contributed by atoms with van der Waals surface area (Å²) in [5.41, 5.74) is 0.536. The summed E-state index contributed by atoms with van der Waals surface area (Å²) in [4.78, 5) is 0. The normalized spacial score (nSPS) is 10.4. The lowest BCUT2D eigenvalue weighted by molar-refractivity contribution is 0.612. The van der Waals surface area contributed by atoms with E-state index in [2.05, 4.69) is 10.4 Å². The second-order valence-electron chi connectivity index (χ2n) is 3.43. The Bertz CT molecular complexity index is 496. The van der Waals surface area contributed by atoms with Crippen LogP contribution in [0.3, 0.4) is 0 Å². The van der Waals surface area contributed by atoms with Crippen LogP contribution in [-0.2, 0) is 13.6 Å². The number of aromatic nitrogens is 2. The summed E-state index contributed by atoms with van der Waals surface area (Å²) in [5.74, 6) is 0.568. The molecule has 1 aromatic carbocycles. The molecule has 1 N–H and O–H groups in total. The van der Waals surface area contributed by atoms with Gasteiger partial charge < -0.3 is 5.32 Å². The van der Waals surface area contributed by atoms with E-state index in [1.165, 1.54) is 12.1 Å². The van der Waals surface area contributed by atoms with Crippen LogP contribution in [0.5, 0.6) is 0 Å². The van der Waals surface area contributed by atoms with Crippen LogP contribution in [0.25, 0.3) is 0 Å². The Hall–Kier alpha value is -1.55. The van der Waals surface area contributed by atoms with Gasteiger partial charge in [0.15, 0.2) is 0 Å². The van der Waals surface area contributed by atoms with E-state index in [4.69, 9.17) is 11.6 Å². The second-order valence-corrected chi connectivity index (χ2v) is 3.87. The van der Waals surface area contributed by atoms with Crippen LogP contribution in [0.15, 0.2) is 30.5 Å². The van der Waals surface area contributed by atoms with Crippen molar-refractivity contribution in [2.24, 2.45) is 7.05 Å². The molecule has 0 bridgehead atoms. The van der Waals surface area contributed by atoms with Crippen molar-refractivity contribution in [3.05, 3.63) is 46.9 Å². The van der Waals surface area contributed by atoms with E-state index in [1.54, 1.807) is 16.9 Å². The fourth-order valence-corrected chi connectivity index (χ4v) is 1.61. The van der Waals surface area contributed by atoms with Crippen molar-refractivity contribution in [2.45, 2.75) is 6.54 Å². The first-order valence-electron chi connectivity index (χ1n) is 4.82. The summed E-state index contributed by atoms with van der Waals surface area (Å²) in [6.07, 6.45) is 1.68. The molecular weight excluding hydrogens is 229 g/mol. The highest BCUT2D eigenvalue weighted by atomic mass is 35.5. The third kappa shape index (κ3) is 2.33. The predicted octanol–water partition coefficient (Wildman–Crippen LogP) is 2.82. The molecule has 0 fully saturated rings. The minimum atomic E-state index is -0.265. The van der Waals surface area contributed by atoms with E-state index in [1.807, 2.05) is 13.1 Å². The topological polar surface area (TPSA) is 29.9 Å². The smallest absolute Gasteiger partial charge is 0.128 e. The largest absolute Gasteiger partial charge is 0.366 e. The summed E-state index contributed by atoms with van der Waals surface area (Å²) in [5, 5.41) is 7.61. The van der Waals surface area contributed by atoms with E-state index >= 15 is 0 Å². The van der Waals surface area contributed by atoms with Gasteiger partial charge in [-0.2, -0.15) is 5.10 Å². The first-order valence-corrected chi connectivity index (χ1v) is 5.20. The Morgan fingerprint density at radius 3 is 2.94 bits per heavy atom. The Kier molecular flexibility index (Phi) is 3.10. The molecule has 0 aliphatic rings. The highest BCUT2D eigenvalue weighted by Gasteiger charge is 2.04. The van der Waals surface area contributed by atoms with Crippen molar-refractivity contribution in [1.29, 1.82) is 0 Å². The zero-order chi connectivity index (χ0) is 11.5. The van der Waals surface area contributed by atoms with Gasteiger partial charge in [-0.05, 0) is 18.2 Å². The third-order valence-electron chi connectivity index (χ3n) is 2.29. The molecule has 16 heavy (non-hydrogen) atoms. The van der Waals surface area contributed by atoms with E-state index < -0.39 is 0 Å². The molecule has 2 rings (SSSR count). The Morgan fingerprint density at radius 1 is 1.44 bits per heavy atom. The molecule has 0 aliphatic heterocycles. The molecule has 84 valence electrons. The van der Waals surface area contributed by atoms with Gasteiger partial charge in [0.05, 0.1) is 6.20 Å². The molecule has 0 unspecified atom stereocenters. The highest BCUT2D eigenvalue weighted by molar-refractivity contribution is 6.30. The van der Waals surface area contributed by atoms with Gasteiger partial charge in [0.1, 0.15) is 11.6 Å². The molecule has 0 amide bonds. The first kappa shape index (κ1) is 11.0. The summed E-state index contributed by atoms with van der Waals surface area (Å²) in [6.45, 7) is 0.381. The van der Waals surface area contributed by atoms with Crippen LogP contribution in [-0.4, -0.2) is 9.78 Å². The highest BCUT2D eigenvalue weighted by Crippen LogP contribution is 2.16. The van der Waals surface area contributed by atoms with Crippen LogP contribution < -0.4 is 5.32 Å². The molecular formula is C11H11ClFN3. The van der Waals surface area contributed by atoms with Gasteiger partial charge in [0, 0.05) is 30.2 Å². The predicted molar refractivity (Wildman–Crippen MR) is 61.9 cm³/mol.